The van der Waals surface area contributed by atoms with Gasteiger partial charge in [-0.25, -0.2) is 4.79 Å². The summed E-state index contributed by atoms with van der Waals surface area (Å²) in [5.41, 5.74) is 0.104. The number of halogens is 3. The van der Waals surface area contributed by atoms with E-state index in [1.165, 1.54) is 18.2 Å². The molecule has 0 unspecified atom stereocenters. The van der Waals surface area contributed by atoms with Crippen LogP contribution in [0.2, 0.25) is 0 Å². The Hall–Kier alpha value is -3.42. The predicted octanol–water partition coefficient (Wildman–Crippen LogP) is 5.07. The normalized spacial score (nSPS) is 13.4. The molecule has 0 radical (unpaired) electrons. The lowest BCUT2D eigenvalue weighted by Crippen LogP contribution is -2.16. The summed E-state index contributed by atoms with van der Waals surface area (Å²) in [5.74, 6) is -0.364. The van der Waals surface area contributed by atoms with Crippen LogP contribution < -0.4 is 14.8 Å². The molecule has 1 aliphatic heterocycles. The van der Waals surface area contributed by atoms with Gasteiger partial charge in [-0.15, -0.1) is 0 Å². The van der Waals surface area contributed by atoms with Crippen molar-refractivity contribution in [3.63, 3.8) is 0 Å². The number of hydrogen-bond donors (Lipinski definition) is 2. The molecule has 0 fully saturated rings. The number of nitrogens with one attached hydrogen (secondary N) is 1. The molecule has 3 aromatic carbocycles. The van der Waals surface area contributed by atoms with Gasteiger partial charge in [-0.05, 0) is 35.0 Å². The number of hydrogen-bond acceptors (Lipinski definition) is 4. The average Bonchev–Trinajstić information content (AvgIpc) is 2.66. The number of benzene rings is 3. The summed E-state index contributed by atoms with van der Waals surface area (Å²) < 4.78 is 49.4. The fraction of sp³-hybridized carbons (Fsp3) is 0.150. The minimum absolute atomic E-state index is 0.00299. The number of alkyl halides is 3. The highest BCUT2D eigenvalue weighted by atomic mass is 19.4. The Kier molecular flexibility index (Phi) is 4.26. The molecule has 2 N–H and O–H groups in total. The Labute approximate surface area is 157 Å². The first kappa shape index (κ1) is 18.0. The first-order valence-corrected chi connectivity index (χ1v) is 8.36. The zero-order valence-corrected chi connectivity index (χ0v) is 14.3. The lowest BCUT2D eigenvalue weighted by molar-refractivity contribution is -0.137. The number of ether oxygens (including phenoxy) is 2. The smallest absolute Gasteiger partial charge is 0.416 e. The Morgan fingerprint density at radius 1 is 0.929 bits per heavy atom. The Balaban J connectivity index is 1.70. The summed E-state index contributed by atoms with van der Waals surface area (Å²) >= 11 is 0. The lowest BCUT2D eigenvalue weighted by atomic mass is 10.1. The largest absolute Gasteiger partial charge is 0.486 e. The molecule has 28 heavy (non-hydrogen) atoms. The van der Waals surface area contributed by atoms with Crippen LogP contribution in [0.15, 0.2) is 48.5 Å². The molecule has 0 saturated carbocycles. The molecule has 8 heteroatoms. The van der Waals surface area contributed by atoms with E-state index < -0.39 is 17.7 Å². The second-order valence-electron chi connectivity index (χ2n) is 6.25. The number of carboxylic acid groups (broad SMARTS) is 1. The summed E-state index contributed by atoms with van der Waals surface area (Å²) in [7, 11) is 0. The monoisotopic (exact) mass is 389 g/mol. The molecule has 144 valence electrons. The Morgan fingerprint density at radius 2 is 1.57 bits per heavy atom. The maximum Gasteiger partial charge on any atom is 0.416 e. The van der Waals surface area contributed by atoms with Gasteiger partial charge in [0.2, 0.25) is 0 Å². The highest BCUT2D eigenvalue weighted by Crippen LogP contribution is 2.37. The minimum Gasteiger partial charge on any atom is -0.486 e. The van der Waals surface area contributed by atoms with Crippen molar-refractivity contribution in [2.75, 3.05) is 18.5 Å². The van der Waals surface area contributed by atoms with E-state index in [1.54, 1.807) is 18.2 Å². The van der Waals surface area contributed by atoms with Gasteiger partial charge in [0.1, 0.15) is 13.2 Å². The van der Waals surface area contributed by atoms with E-state index in [-0.39, 0.29) is 5.56 Å². The average molecular weight is 389 g/mol. The van der Waals surface area contributed by atoms with Crippen LogP contribution in [0.1, 0.15) is 15.9 Å². The minimum atomic E-state index is -4.41. The molecule has 3 aromatic rings. The van der Waals surface area contributed by atoms with E-state index in [2.05, 4.69) is 5.32 Å². The maximum atomic E-state index is 12.9. The van der Waals surface area contributed by atoms with Crippen molar-refractivity contribution < 1.29 is 32.5 Å². The SMILES string of the molecule is O=C(O)c1cc2c(cc1Nc1ccc3cc(C(F)(F)F)ccc3c1)OCCO2. The first-order chi connectivity index (χ1) is 13.3. The van der Waals surface area contributed by atoms with E-state index in [0.29, 0.717) is 46.9 Å². The van der Waals surface area contributed by atoms with Crippen LogP contribution in [0, 0.1) is 0 Å². The number of fused-ring (bicyclic) bond motifs is 2. The molecule has 1 aliphatic rings. The highest BCUT2D eigenvalue weighted by Gasteiger charge is 2.30. The molecule has 4 rings (SSSR count). The molecule has 0 bridgehead atoms. The molecule has 0 amide bonds. The lowest BCUT2D eigenvalue weighted by Gasteiger charge is -2.21. The molecule has 5 nitrogen and oxygen atoms in total. The number of carboxylic acids is 1. The van der Waals surface area contributed by atoms with Crippen molar-refractivity contribution in [2.45, 2.75) is 6.18 Å². The molecule has 0 saturated heterocycles. The number of aromatic carboxylic acids is 1. The predicted molar refractivity (Wildman–Crippen MR) is 96.6 cm³/mol. The quantitative estimate of drug-likeness (QED) is 0.655. The van der Waals surface area contributed by atoms with Crippen molar-refractivity contribution in [2.24, 2.45) is 0 Å². The molecule has 0 spiro atoms. The van der Waals surface area contributed by atoms with Gasteiger partial charge in [0.05, 0.1) is 16.8 Å². The molecule has 0 aromatic heterocycles. The molecular weight excluding hydrogens is 375 g/mol. The van der Waals surface area contributed by atoms with Crippen LogP contribution in [0.4, 0.5) is 24.5 Å². The van der Waals surface area contributed by atoms with Gasteiger partial charge >= 0.3 is 12.1 Å². The van der Waals surface area contributed by atoms with E-state index in [9.17, 15) is 23.1 Å². The third-order valence-electron chi connectivity index (χ3n) is 4.36. The van der Waals surface area contributed by atoms with E-state index in [0.717, 1.165) is 12.1 Å². The van der Waals surface area contributed by atoms with Crippen LogP contribution >= 0.6 is 0 Å². The van der Waals surface area contributed by atoms with Gasteiger partial charge in [-0.1, -0.05) is 12.1 Å². The van der Waals surface area contributed by atoms with Gasteiger partial charge in [-0.2, -0.15) is 13.2 Å². The van der Waals surface area contributed by atoms with Gasteiger partial charge in [0, 0.05) is 17.8 Å². The third kappa shape index (κ3) is 3.40. The van der Waals surface area contributed by atoms with Crippen molar-refractivity contribution in [1.82, 2.24) is 0 Å². The van der Waals surface area contributed by atoms with E-state index >= 15 is 0 Å². The second kappa shape index (κ2) is 6.63. The fourth-order valence-electron chi connectivity index (χ4n) is 3.02. The zero-order chi connectivity index (χ0) is 19.9. The van der Waals surface area contributed by atoms with Crippen molar-refractivity contribution in [3.8, 4) is 11.5 Å². The van der Waals surface area contributed by atoms with Crippen molar-refractivity contribution >= 4 is 28.1 Å². The maximum absolute atomic E-state index is 12.9. The number of rotatable bonds is 3. The van der Waals surface area contributed by atoms with Crippen molar-refractivity contribution in [3.05, 3.63) is 59.7 Å². The molecule has 1 heterocycles. The van der Waals surface area contributed by atoms with Gasteiger partial charge < -0.3 is 19.9 Å². The van der Waals surface area contributed by atoms with Crippen LogP contribution in [-0.4, -0.2) is 24.3 Å². The fourth-order valence-corrected chi connectivity index (χ4v) is 3.02. The van der Waals surface area contributed by atoms with Gasteiger partial charge in [0.15, 0.2) is 11.5 Å². The Bertz CT molecular complexity index is 1080. The topological polar surface area (TPSA) is 67.8 Å². The Morgan fingerprint density at radius 3 is 2.25 bits per heavy atom. The van der Waals surface area contributed by atoms with E-state index in [4.69, 9.17) is 9.47 Å². The van der Waals surface area contributed by atoms with Gasteiger partial charge in [-0.3, -0.25) is 0 Å². The number of carbonyl (C=O) groups is 1. The summed E-state index contributed by atoms with van der Waals surface area (Å²) in [5, 5.41) is 13.5. The third-order valence-corrected chi connectivity index (χ3v) is 4.36. The first-order valence-electron chi connectivity index (χ1n) is 8.36. The standard InChI is InChI=1S/C20H14F3NO4/c21-20(22,23)13-3-1-12-8-14(4-2-11(12)7-13)24-16-10-18-17(27-5-6-28-18)9-15(16)19(25)26/h1-4,7-10,24H,5-6H2,(H,25,26). The highest BCUT2D eigenvalue weighted by molar-refractivity contribution is 5.97. The second-order valence-corrected chi connectivity index (χ2v) is 6.25. The van der Waals surface area contributed by atoms with Crippen LogP contribution in [0.25, 0.3) is 10.8 Å². The van der Waals surface area contributed by atoms with Gasteiger partial charge in [0.25, 0.3) is 0 Å². The van der Waals surface area contributed by atoms with Crippen molar-refractivity contribution in [1.29, 1.82) is 0 Å². The van der Waals surface area contributed by atoms with Crippen LogP contribution in [0.5, 0.6) is 11.5 Å². The number of anilines is 2. The molecule has 0 atom stereocenters. The summed E-state index contributed by atoms with van der Waals surface area (Å²) in [6.45, 7) is 0.694. The van der Waals surface area contributed by atoms with Crippen LogP contribution in [-0.2, 0) is 6.18 Å². The van der Waals surface area contributed by atoms with E-state index in [1.807, 2.05) is 0 Å². The van der Waals surface area contributed by atoms with Crippen LogP contribution in [0.3, 0.4) is 0 Å². The molecule has 0 aliphatic carbocycles. The summed E-state index contributed by atoms with van der Waals surface area (Å²) in [4.78, 5) is 11.6. The molecular formula is C20H14F3NO4. The zero-order valence-electron chi connectivity index (χ0n) is 14.3. The summed E-state index contributed by atoms with van der Waals surface area (Å²) in [6.07, 6.45) is -4.41. The summed E-state index contributed by atoms with van der Waals surface area (Å²) in [6, 6.07) is 11.2.